The molecule has 194 valence electrons. The van der Waals surface area contributed by atoms with E-state index >= 15 is 0 Å². The highest BCUT2D eigenvalue weighted by molar-refractivity contribution is 6.18. The van der Waals surface area contributed by atoms with Gasteiger partial charge in [-0.05, 0) is 42.3 Å². The van der Waals surface area contributed by atoms with Gasteiger partial charge in [0.2, 0.25) is 12.3 Å². The number of nitrogens with two attached hydrogens (primary N) is 1. The van der Waals surface area contributed by atoms with E-state index < -0.39 is 12.6 Å². The standard InChI is InChI=1S/C22H24F2N4O4.CH2ClNO/c1-3-14-11-19(29)28(12-13-4-7-16(8-5-13)26-22(25)30)27-20(14)15-6-9-17(32-21(23)24)18(10-15)31-2;2-3-1-4/h4-10,14,21H,3,11-12H2,1-2H3,(H3,25,26,30);1H,(H,3,4). The number of carbonyl (C=O) groups is 3. The molecule has 36 heavy (non-hydrogen) atoms. The Morgan fingerprint density at radius 2 is 1.94 bits per heavy atom. The van der Waals surface area contributed by atoms with Crippen molar-refractivity contribution in [2.45, 2.75) is 32.9 Å². The van der Waals surface area contributed by atoms with Crippen molar-refractivity contribution >= 4 is 41.5 Å². The van der Waals surface area contributed by atoms with Gasteiger partial charge in [0.25, 0.3) is 0 Å². The number of halogens is 3. The van der Waals surface area contributed by atoms with E-state index in [0.29, 0.717) is 29.8 Å². The third kappa shape index (κ3) is 8.08. The van der Waals surface area contributed by atoms with Crippen molar-refractivity contribution in [1.82, 2.24) is 9.84 Å². The van der Waals surface area contributed by atoms with Crippen molar-refractivity contribution in [3.8, 4) is 11.5 Å². The van der Waals surface area contributed by atoms with Crippen molar-refractivity contribution < 1.29 is 32.6 Å². The zero-order valence-electron chi connectivity index (χ0n) is 19.5. The number of ether oxygens (including phenoxy) is 2. The number of hydrazone groups is 1. The van der Waals surface area contributed by atoms with Gasteiger partial charge in [0.15, 0.2) is 11.5 Å². The number of nitrogens with one attached hydrogen (secondary N) is 2. The summed E-state index contributed by atoms with van der Waals surface area (Å²) in [4.78, 5) is 34.3. The summed E-state index contributed by atoms with van der Waals surface area (Å²) in [5.41, 5.74) is 7.79. The second-order valence-corrected chi connectivity index (χ2v) is 7.62. The summed E-state index contributed by atoms with van der Waals surface area (Å²) in [5.74, 6) is -0.160. The van der Waals surface area contributed by atoms with Gasteiger partial charge in [-0.3, -0.25) is 14.4 Å². The van der Waals surface area contributed by atoms with Crippen LogP contribution in [-0.2, 0) is 16.1 Å². The molecule has 1 aliphatic rings. The summed E-state index contributed by atoms with van der Waals surface area (Å²) in [7, 11) is 1.37. The molecule has 0 saturated heterocycles. The fraction of sp³-hybridized carbons (Fsp3) is 0.304. The van der Waals surface area contributed by atoms with Gasteiger partial charge in [0.1, 0.15) is 0 Å². The van der Waals surface area contributed by atoms with Gasteiger partial charge < -0.3 is 20.5 Å². The number of rotatable bonds is 9. The molecule has 1 aliphatic heterocycles. The molecule has 0 radical (unpaired) electrons. The molecule has 4 amide bonds. The van der Waals surface area contributed by atoms with E-state index in [-0.39, 0.29) is 36.3 Å². The van der Waals surface area contributed by atoms with Crippen LogP contribution in [0.2, 0.25) is 0 Å². The minimum atomic E-state index is -2.97. The number of methoxy groups -OCH3 is 1. The first-order chi connectivity index (χ1) is 17.2. The Kier molecular flexibility index (Phi) is 10.9. The molecule has 0 fully saturated rings. The van der Waals surface area contributed by atoms with E-state index in [2.05, 4.69) is 26.9 Å². The van der Waals surface area contributed by atoms with Gasteiger partial charge in [-0.2, -0.15) is 13.9 Å². The molecule has 1 atom stereocenters. The van der Waals surface area contributed by atoms with Gasteiger partial charge >= 0.3 is 12.6 Å². The van der Waals surface area contributed by atoms with E-state index in [1.807, 2.05) is 6.92 Å². The Labute approximate surface area is 211 Å². The molecule has 0 aromatic heterocycles. The summed E-state index contributed by atoms with van der Waals surface area (Å²) in [5, 5.41) is 8.44. The van der Waals surface area contributed by atoms with Gasteiger partial charge in [0.05, 0.1) is 19.4 Å². The predicted molar refractivity (Wildman–Crippen MR) is 130 cm³/mol. The number of nitrogens with zero attached hydrogens (tertiary/aromatic N) is 2. The second kappa shape index (κ2) is 13.8. The quantitative estimate of drug-likeness (QED) is 0.338. The Morgan fingerprint density at radius 1 is 1.28 bits per heavy atom. The average Bonchev–Trinajstić information content (AvgIpc) is 2.86. The summed E-state index contributed by atoms with van der Waals surface area (Å²) in [6.45, 7) is -0.777. The van der Waals surface area contributed by atoms with E-state index in [0.717, 1.165) is 5.56 Å². The highest BCUT2D eigenvalue weighted by Gasteiger charge is 2.30. The number of carbonyl (C=O) groups excluding carboxylic acids is 3. The number of primary amides is 1. The molecule has 0 bridgehead atoms. The van der Waals surface area contributed by atoms with Gasteiger partial charge in [-0.25, -0.2) is 9.80 Å². The molecule has 3 rings (SSSR count). The second-order valence-electron chi connectivity index (χ2n) is 7.40. The van der Waals surface area contributed by atoms with Gasteiger partial charge in [0, 0.05) is 35.4 Å². The number of benzene rings is 2. The zero-order chi connectivity index (χ0) is 26.7. The fourth-order valence-electron chi connectivity index (χ4n) is 3.46. The Balaban J connectivity index is 0.00000106. The van der Waals surface area contributed by atoms with Crippen LogP contribution in [0.25, 0.3) is 0 Å². The summed E-state index contributed by atoms with van der Waals surface area (Å²) in [6, 6.07) is 10.8. The van der Waals surface area contributed by atoms with Crippen molar-refractivity contribution in [3.05, 3.63) is 53.6 Å². The van der Waals surface area contributed by atoms with Gasteiger partial charge in [-0.15, -0.1) is 0 Å². The Bertz CT molecular complexity index is 1090. The number of hydrogen-bond acceptors (Lipinski definition) is 6. The third-order valence-corrected chi connectivity index (χ3v) is 5.18. The van der Waals surface area contributed by atoms with Crippen LogP contribution >= 0.6 is 11.8 Å². The van der Waals surface area contributed by atoms with Crippen molar-refractivity contribution in [3.63, 3.8) is 0 Å². The van der Waals surface area contributed by atoms with Crippen LogP contribution in [-0.4, -0.2) is 42.8 Å². The topological polar surface area (TPSA) is 135 Å². The highest BCUT2D eigenvalue weighted by atomic mass is 35.5. The largest absolute Gasteiger partial charge is 0.493 e. The van der Waals surface area contributed by atoms with Crippen LogP contribution in [0.1, 0.15) is 30.9 Å². The molecule has 2 aromatic carbocycles. The number of anilines is 1. The summed E-state index contributed by atoms with van der Waals surface area (Å²) < 4.78 is 34.9. The predicted octanol–water partition coefficient (Wildman–Crippen LogP) is 3.84. The molecule has 13 heteroatoms. The number of alkyl halides is 2. The maximum absolute atomic E-state index is 12.7. The normalized spacial score (nSPS) is 14.8. The third-order valence-electron chi connectivity index (χ3n) is 5.09. The minimum absolute atomic E-state index is 0.0756. The molecule has 0 aliphatic carbocycles. The first-order valence-electron chi connectivity index (χ1n) is 10.7. The van der Waals surface area contributed by atoms with Crippen LogP contribution in [0.3, 0.4) is 0 Å². The fourth-order valence-corrected chi connectivity index (χ4v) is 3.46. The molecular weight excluding hydrogens is 500 g/mol. The Morgan fingerprint density at radius 3 is 2.47 bits per heavy atom. The van der Waals surface area contributed by atoms with E-state index in [1.165, 1.54) is 18.2 Å². The van der Waals surface area contributed by atoms with Crippen LogP contribution < -0.4 is 25.4 Å². The molecule has 1 heterocycles. The summed E-state index contributed by atoms with van der Waals surface area (Å²) >= 11 is 4.57. The lowest BCUT2D eigenvalue weighted by Crippen LogP contribution is -2.36. The van der Waals surface area contributed by atoms with Crippen molar-refractivity contribution in [2.24, 2.45) is 16.8 Å². The van der Waals surface area contributed by atoms with Crippen LogP contribution in [0.5, 0.6) is 11.5 Å². The van der Waals surface area contributed by atoms with Crippen LogP contribution in [0, 0.1) is 5.92 Å². The smallest absolute Gasteiger partial charge is 0.387 e. The van der Waals surface area contributed by atoms with Crippen LogP contribution in [0.15, 0.2) is 47.6 Å². The van der Waals surface area contributed by atoms with Crippen molar-refractivity contribution in [2.75, 3.05) is 12.4 Å². The highest BCUT2D eigenvalue weighted by Crippen LogP contribution is 2.32. The molecule has 2 aromatic rings. The minimum Gasteiger partial charge on any atom is -0.493 e. The van der Waals surface area contributed by atoms with E-state index in [1.54, 1.807) is 41.2 Å². The molecule has 10 nitrogen and oxygen atoms in total. The average molecular weight is 526 g/mol. The van der Waals surface area contributed by atoms with Gasteiger partial charge in [-0.1, -0.05) is 19.1 Å². The van der Waals surface area contributed by atoms with Crippen molar-refractivity contribution in [1.29, 1.82) is 0 Å². The summed E-state index contributed by atoms with van der Waals surface area (Å²) in [6.07, 6.45) is 1.35. The number of urea groups is 1. The lowest BCUT2D eigenvalue weighted by Gasteiger charge is -2.29. The molecule has 0 spiro atoms. The lowest BCUT2D eigenvalue weighted by molar-refractivity contribution is -0.133. The maximum atomic E-state index is 12.7. The number of amides is 4. The molecule has 1 unspecified atom stereocenters. The zero-order valence-corrected chi connectivity index (χ0v) is 20.3. The van der Waals surface area contributed by atoms with E-state index in [4.69, 9.17) is 15.3 Å². The van der Waals surface area contributed by atoms with Crippen LogP contribution in [0.4, 0.5) is 19.3 Å². The lowest BCUT2D eigenvalue weighted by atomic mass is 9.89. The first-order valence-corrected chi connectivity index (χ1v) is 11.1. The Hall–Kier alpha value is -3.93. The molecule has 4 N–H and O–H groups in total. The maximum Gasteiger partial charge on any atom is 0.387 e. The molecule has 0 saturated carbocycles. The first kappa shape index (κ1) is 28.3. The van der Waals surface area contributed by atoms with E-state index in [9.17, 15) is 18.4 Å². The number of hydrogen-bond donors (Lipinski definition) is 3. The monoisotopic (exact) mass is 525 g/mol. The molecular formula is C23H26ClF2N5O5. The SMILES string of the molecule is CCC1CC(=O)N(Cc2ccc(NC(N)=O)cc2)N=C1c1ccc(OC(F)F)c(OC)c1.O=CNCl.